The molecule has 3 aromatic rings. The van der Waals surface area contributed by atoms with Crippen molar-refractivity contribution in [1.29, 1.82) is 0 Å². The third-order valence-electron chi connectivity index (χ3n) is 6.04. The number of ether oxygens (including phenoxy) is 1. The molecule has 2 unspecified atom stereocenters. The highest BCUT2D eigenvalue weighted by atomic mass is 32.1. The fraction of sp³-hybridized carbons (Fsp3) is 0.292. The van der Waals surface area contributed by atoms with Crippen molar-refractivity contribution >= 4 is 35.7 Å². The predicted octanol–water partition coefficient (Wildman–Crippen LogP) is 4.19. The van der Waals surface area contributed by atoms with E-state index in [1.54, 1.807) is 18.2 Å². The second-order valence-corrected chi connectivity index (χ2v) is 11.3. The van der Waals surface area contributed by atoms with E-state index < -0.39 is 13.1 Å². The van der Waals surface area contributed by atoms with E-state index in [-0.39, 0.29) is 28.1 Å². The van der Waals surface area contributed by atoms with Crippen LogP contribution >= 0.6 is 18.9 Å². The molecule has 0 saturated heterocycles. The highest BCUT2D eigenvalue weighted by Gasteiger charge is 2.36. The van der Waals surface area contributed by atoms with Crippen LogP contribution < -0.4 is 26.8 Å². The molecule has 0 amide bonds. The quantitative estimate of drug-likeness (QED) is 0.194. The lowest BCUT2D eigenvalue weighted by atomic mass is 10.1. The number of rotatable bonds is 10. The maximum atomic E-state index is 13.8. The molecule has 0 bridgehead atoms. The monoisotopic (exact) mass is 545 g/mol. The molecule has 0 radical (unpaired) electrons. The molecular weight excluding hydrogens is 517 g/mol. The first-order chi connectivity index (χ1) is 17.8. The first-order valence-corrected chi connectivity index (χ1v) is 14.0. The third kappa shape index (κ3) is 5.47. The number of amidine groups is 1. The number of nitrogens with two attached hydrogens (primary N) is 1. The molecule has 3 heterocycles. The summed E-state index contributed by atoms with van der Waals surface area (Å²) in [5.74, 6) is 5.24. The second kappa shape index (κ2) is 11.3. The van der Waals surface area contributed by atoms with Crippen LogP contribution in [0.25, 0.3) is 11.3 Å². The standard InChI is InChI=1S/C24H28N5O6PS/c1-4-15(2)7-9-29-24(31)20(22(30)21(27-29)16-8-12-37-14-16)23-26-18-6-5-17(34-10-11-35-25)13-19(18)36(32,28-23)33-3/h5-6,8,10-15,30H,4,7,9,25H2,1-3H3,(H,26,28,32)/b11-10+. The van der Waals surface area contributed by atoms with Gasteiger partial charge in [0.25, 0.3) is 5.56 Å². The molecule has 4 rings (SSSR count). The van der Waals surface area contributed by atoms with E-state index in [2.05, 4.69) is 33.9 Å². The van der Waals surface area contributed by atoms with Crippen molar-refractivity contribution in [2.24, 2.45) is 16.6 Å². The highest BCUT2D eigenvalue weighted by Crippen LogP contribution is 2.52. The lowest BCUT2D eigenvalue weighted by molar-refractivity contribution is 0.250. The van der Waals surface area contributed by atoms with Crippen molar-refractivity contribution in [3.05, 3.63) is 63.5 Å². The lowest BCUT2D eigenvalue weighted by Crippen LogP contribution is -2.35. The van der Waals surface area contributed by atoms with Crippen molar-refractivity contribution < 1.29 is 23.8 Å². The zero-order valence-electron chi connectivity index (χ0n) is 20.6. The van der Waals surface area contributed by atoms with Gasteiger partial charge in [-0.1, -0.05) is 20.3 Å². The van der Waals surface area contributed by atoms with Crippen LogP contribution in [0.4, 0.5) is 5.69 Å². The number of fused-ring (bicyclic) bond motifs is 1. The Morgan fingerprint density at radius 1 is 1.32 bits per heavy atom. The van der Waals surface area contributed by atoms with Crippen LogP contribution in [-0.4, -0.2) is 27.8 Å². The fourth-order valence-corrected chi connectivity index (χ4v) is 5.89. The van der Waals surface area contributed by atoms with Crippen LogP contribution in [0.3, 0.4) is 0 Å². The zero-order chi connectivity index (χ0) is 26.6. The molecule has 1 aliphatic rings. The number of hydrogen-bond donors (Lipinski definition) is 3. The van der Waals surface area contributed by atoms with E-state index in [1.807, 2.05) is 10.8 Å². The summed E-state index contributed by atoms with van der Waals surface area (Å²) in [6.45, 7) is 4.53. The van der Waals surface area contributed by atoms with Crippen LogP contribution in [0.1, 0.15) is 32.3 Å². The van der Waals surface area contributed by atoms with Gasteiger partial charge in [0, 0.05) is 24.6 Å². The van der Waals surface area contributed by atoms with Gasteiger partial charge in [-0.15, -0.1) is 0 Å². The smallest absolute Gasteiger partial charge is 0.348 e. The Morgan fingerprint density at radius 2 is 2.14 bits per heavy atom. The molecule has 2 atom stereocenters. The van der Waals surface area contributed by atoms with E-state index in [0.717, 1.165) is 19.1 Å². The maximum Gasteiger partial charge on any atom is 0.348 e. The van der Waals surface area contributed by atoms with Gasteiger partial charge in [0.15, 0.2) is 11.6 Å². The lowest BCUT2D eigenvalue weighted by Gasteiger charge is -2.25. The summed E-state index contributed by atoms with van der Waals surface area (Å²) in [5.41, 5.74) is 0.598. The number of aryl methyl sites for hydroxylation is 1. The van der Waals surface area contributed by atoms with Gasteiger partial charge in [0.2, 0.25) is 0 Å². The minimum Gasteiger partial charge on any atom is -0.505 e. The minimum atomic E-state index is -3.85. The summed E-state index contributed by atoms with van der Waals surface area (Å²) >= 11 is 1.44. The van der Waals surface area contributed by atoms with Crippen LogP contribution in [0.5, 0.6) is 11.5 Å². The molecule has 13 heteroatoms. The highest BCUT2D eigenvalue weighted by molar-refractivity contribution is 7.66. The summed E-state index contributed by atoms with van der Waals surface area (Å²) in [6.07, 6.45) is 4.03. The number of anilines is 1. The Kier molecular flexibility index (Phi) is 8.13. The van der Waals surface area contributed by atoms with Gasteiger partial charge in [-0.25, -0.2) is 4.68 Å². The molecule has 0 aliphatic carbocycles. The Labute approximate surface area is 217 Å². The topological polar surface area (TPSA) is 150 Å². The molecule has 4 N–H and O–H groups in total. The van der Waals surface area contributed by atoms with Gasteiger partial charge in [0.05, 0.1) is 11.0 Å². The Morgan fingerprint density at radius 3 is 2.81 bits per heavy atom. The maximum absolute atomic E-state index is 13.8. The summed E-state index contributed by atoms with van der Waals surface area (Å²) in [7, 11) is -2.59. The van der Waals surface area contributed by atoms with Crippen LogP contribution in [0, 0.1) is 5.92 Å². The molecule has 2 aromatic heterocycles. The van der Waals surface area contributed by atoms with Crippen LogP contribution in [0.15, 0.2) is 57.1 Å². The van der Waals surface area contributed by atoms with Gasteiger partial charge in [-0.2, -0.15) is 27.1 Å². The fourth-order valence-electron chi connectivity index (χ4n) is 3.72. The zero-order valence-corrected chi connectivity index (χ0v) is 22.3. The largest absolute Gasteiger partial charge is 0.505 e. The van der Waals surface area contributed by atoms with Gasteiger partial charge in [-0.3, -0.25) is 9.36 Å². The molecule has 0 saturated carbocycles. The van der Waals surface area contributed by atoms with Crippen LogP contribution in [-0.2, 0) is 20.5 Å². The van der Waals surface area contributed by atoms with Crippen molar-refractivity contribution in [3.8, 4) is 22.8 Å². The van der Waals surface area contributed by atoms with Crippen molar-refractivity contribution in [1.82, 2.24) is 9.78 Å². The van der Waals surface area contributed by atoms with Gasteiger partial charge >= 0.3 is 7.52 Å². The first-order valence-electron chi connectivity index (χ1n) is 11.5. The van der Waals surface area contributed by atoms with Gasteiger partial charge < -0.3 is 24.5 Å². The van der Waals surface area contributed by atoms with Gasteiger partial charge in [0.1, 0.15) is 29.5 Å². The summed E-state index contributed by atoms with van der Waals surface area (Å²) in [4.78, 5) is 17.9. The molecule has 37 heavy (non-hydrogen) atoms. The number of nitrogens with zero attached hydrogens (tertiary/aromatic N) is 3. The first kappa shape index (κ1) is 26.6. The summed E-state index contributed by atoms with van der Waals surface area (Å²) in [6, 6.07) is 6.53. The normalized spacial score (nSPS) is 17.7. The average molecular weight is 546 g/mol. The van der Waals surface area contributed by atoms with E-state index in [1.165, 1.54) is 35.5 Å². The summed E-state index contributed by atoms with van der Waals surface area (Å²) < 4.78 is 30.2. The molecular formula is C24H28N5O6PS. The van der Waals surface area contributed by atoms with E-state index in [4.69, 9.17) is 15.2 Å². The van der Waals surface area contributed by atoms with Crippen molar-refractivity contribution in [2.45, 2.75) is 33.2 Å². The van der Waals surface area contributed by atoms with E-state index >= 15 is 0 Å². The number of thiophene rings is 1. The average Bonchev–Trinajstić information content (AvgIpc) is 3.43. The number of hydrogen-bond acceptors (Lipinski definition) is 10. The SMILES string of the molecule is CCC(C)CCn1nc(-c2ccsc2)c(O)c(C2=NP(=O)(OC)c3cc(O/C=C/ON)ccc3N2)c1=O. The predicted molar refractivity (Wildman–Crippen MR) is 143 cm³/mol. The Balaban J connectivity index is 1.84. The van der Waals surface area contributed by atoms with Crippen molar-refractivity contribution in [3.63, 3.8) is 0 Å². The molecule has 0 fully saturated rings. The van der Waals surface area contributed by atoms with Crippen LogP contribution in [0.2, 0.25) is 0 Å². The molecule has 0 spiro atoms. The Hall–Kier alpha value is -3.44. The molecule has 11 nitrogen and oxygen atoms in total. The van der Waals surface area contributed by atoms with E-state index in [0.29, 0.717) is 29.5 Å². The molecule has 1 aromatic carbocycles. The van der Waals surface area contributed by atoms with Crippen molar-refractivity contribution in [2.75, 3.05) is 12.4 Å². The number of aromatic hydroxyl groups is 1. The molecule has 1 aliphatic heterocycles. The van der Waals surface area contributed by atoms with E-state index in [9.17, 15) is 14.5 Å². The Bertz CT molecular complexity index is 1440. The number of aromatic nitrogens is 2. The third-order valence-corrected chi connectivity index (χ3v) is 8.66. The van der Waals surface area contributed by atoms with Gasteiger partial charge in [-0.05, 0) is 42.0 Å². The minimum absolute atomic E-state index is 0.0681. The number of nitrogens with one attached hydrogen (secondary N) is 1. The number of benzene rings is 1. The second-order valence-electron chi connectivity index (χ2n) is 8.40. The summed E-state index contributed by atoms with van der Waals surface area (Å²) in [5, 5.41) is 22.6. The molecule has 196 valence electrons.